The number of aromatic carboxylic acids is 2. The van der Waals surface area contributed by atoms with Gasteiger partial charge < -0.3 is 35.5 Å². The molecule has 0 aliphatic rings. The molecule has 0 fully saturated rings. The molecule has 262 valence electrons. The molecule has 0 unspecified atom stereocenters. The van der Waals surface area contributed by atoms with Crippen LogP contribution < -0.4 is 15.5 Å². The molecule has 1 aromatic heterocycles. The fourth-order valence-corrected chi connectivity index (χ4v) is 5.83. The fourth-order valence-electron chi connectivity index (χ4n) is 5.83. The molecule has 0 saturated heterocycles. The monoisotopic (exact) mass is 689 g/mol. The number of carbonyl (C=O) groups is 2. The zero-order chi connectivity index (χ0) is 36.5. The average Bonchev–Trinajstić information content (AvgIpc) is 3.53. The van der Waals surface area contributed by atoms with Gasteiger partial charge in [0.2, 0.25) is 5.96 Å². The summed E-state index contributed by atoms with van der Waals surface area (Å²) < 4.78 is 5.24. The van der Waals surface area contributed by atoms with E-state index in [4.69, 9.17) is 10.1 Å². The number of phenols is 2. The van der Waals surface area contributed by atoms with E-state index in [1.807, 2.05) is 24.4 Å². The summed E-state index contributed by atoms with van der Waals surface area (Å²) in [5.74, 6) is -2.34. The molecule has 0 radical (unpaired) electrons. The molecule has 6 aromatic rings. The van der Waals surface area contributed by atoms with E-state index in [1.165, 1.54) is 25.0 Å². The number of nitrogens with zero attached hydrogens (tertiary/aromatic N) is 1. The van der Waals surface area contributed by atoms with Gasteiger partial charge in [0.05, 0.1) is 13.3 Å². The molecule has 12 nitrogen and oxygen atoms in total. The Morgan fingerprint density at radius 3 is 1.98 bits per heavy atom. The van der Waals surface area contributed by atoms with Gasteiger partial charge in [-0.15, -0.1) is 0 Å². The van der Waals surface area contributed by atoms with E-state index in [0.717, 1.165) is 35.2 Å². The first kappa shape index (κ1) is 35.7. The van der Waals surface area contributed by atoms with Gasteiger partial charge in [-0.2, -0.15) is 5.10 Å². The Balaban J connectivity index is 0.000000206. The van der Waals surface area contributed by atoms with Crippen molar-refractivity contribution in [2.24, 2.45) is 5.10 Å². The summed E-state index contributed by atoms with van der Waals surface area (Å²) in [4.78, 5) is 26.4. The van der Waals surface area contributed by atoms with Crippen LogP contribution in [-0.4, -0.2) is 63.2 Å². The first-order valence-corrected chi connectivity index (χ1v) is 16.3. The van der Waals surface area contributed by atoms with Gasteiger partial charge in [-0.05, 0) is 58.3 Å². The lowest BCUT2D eigenvalue weighted by molar-refractivity contribution is 0.0682. The maximum atomic E-state index is 11.6. The van der Waals surface area contributed by atoms with Crippen LogP contribution in [0.1, 0.15) is 63.6 Å². The highest BCUT2D eigenvalue weighted by Crippen LogP contribution is 2.38. The first-order valence-electron chi connectivity index (χ1n) is 16.3. The number of methoxy groups -OCH3 is 1. The van der Waals surface area contributed by atoms with Crippen LogP contribution in [0.3, 0.4) is 0 Å². The maximum absolute atomic E-state index is 11.6. The molecule has 0 atom stereocenters. The van der Waals surface area contributed by atoms with Crippen LogP contribution in [0.5, 0.6) is 17.2 Å². The molecular weight excluding hydrogens is 650 g/mol. The number of benzene rings is 5. The van der Waals surface area contributed by atoms with Gasteiger partial charge in [-0.1, -0.05) is 68.3 Å². The summed E-state index contributed by atoms with van der Waals surface area (Å²) in [6.07, 6.45) is 6.94. The van der Waals surface area contributed by atoms with Gasteiger partial charge in [0.1, 0.15) is 28.4 Å². The van der Waals surface area contributed by atoms with Crippen LogP contribution >= 0.6 is 0 Å². The maximum Gasteiger partial charge on any atom is 0.339 e. The minimum absolute atomic E-state index is 0.0407. The van der Waals surface area contributed by atoms with Crippen molar-refractivity contribution in [3.05, 3.63) is 113 Å². The van der Waals surface area contributed by atoms with E-state index in [0.29, 0.717) is 32.7 Å². The van der Waals surface area contributed by atoms with Gasteiger partial charge >= 0.3 is 11.9 Å². The topological polar surface area (TPSA) is 200 Å². The number of hydrogen-bond donors (Lipinski definition) is 8. The number of ether oxygens (including phenoxy) is 1. The summed E-state index contributed by atoms with van der Waals surface area (Å²) in [7, 11) is 1.65. The molecule has 0 saturated carbocycles. The number of unbranched alkanes of at least 4 members (excludes halogenated alkanes) is 2. The molecule has 8 N–H and O–H groups in total. The molecule has 0 bridgehead atoms. The smallest absolute Gasteiger partial charge is 0.339 e. The number of carboxylic acid groups (broad SMARTS) is 2. The van der Waals surface area contributed by atoms with Crippen molar-refractivity contribution in [2.75, 3.05) is 13.7 Å². The zero-order valence-electron chi connectivity index (χ0n) is 28.2. The third-order valence-corrected chi connectivity index (χ3v) is 8.45. The van der Waals surface area contributed by atoms with Crippen LogP contribution in [0.2, 0.25) is 0 Å². The largest absolute Gasteiger partial charge is 0.507 e. The lowest BCUT2D eigenvalue weighted by Gasteiger charge is -2.16. The van der Waals surface area contributed by atoms with E-state index in [9.17, 15) is 30.0 Å². The third-order valence-electron chi connectivity index (χ3n) is 8.45. The quantitative estimate of drug-likeness (QED) is 0.0300. The van der Waals surface area contributed by atoms with Crippen LogP contribution in [0.25, 0.3) is 32.4 Å². The Morgan fingerprint density at radius 1 is 0.843 bits per heavy atom. The number of guanidine groups is 1. The zero-order valence-corrected chi connectivity index (χ0v) is 28.2. The lowest BCUT2D eigenvalue weighted by atomic mass is 9.90. The number of hydrazone groups is 1. The summed E-state index contributed by atoms with van der Waals surface area (Å²) in [5.41, 5.74) is 4.77. The van der Waals surface area contributed by atoms with Crippen molar-refractivity contribution in [3.8, 4) is 17.2 Å². The molecule has 0 aliphatic carbocycles. The van der Waals surface area contributed by atoms with Crippen LogP contribution in [0.4, 0.5) is 0 Å². The summed E-state index contributed by atoms with van der Waals surface area (Å²) in [6.45, 7) is 2.95. The molecule has 51 heavy (non-hydrogen) atoms. The SMILES string of the molecule is CCCCCNC(=N)N/N=C/c1c[nH]c2ccc(OC)cc12.O=C(O)c1cc2ccccc2c(Cc2c(O)c(C(=O)O)cc3ccccc23)c1O. The summed E-state index contributed by atoms with van der Waals surface area (Å²) in [6, 6.07) is 22.6. The Hall–Kier alpha value is -6.56. The number of aromatic nitrogens is 1. The van der Waals surface area contributed by atoms with Crippen LogP contribution in [0, 0.1) is 5.41 Å². The molecule has 6 rings (SSSR count). The molecule has 0 spiro atoms. The number of rotatable bonds is 11. The van der Waals surface area contributed by atoms with E-state index in [-0.39, 0.29) is 23.5 Å². The Labute approximate surface area is 293 Å². The molecule has 0 amide bonds. The highest BCUT2D eigenvalue weighted by Gasteiger charge is 2.22. The minimum atomic E-state index is -1.28. The molecule has 12 heteroatoms. The van der Waals surface area contributed by atoms with Gasteiger partial charge in [-0.25, -0.2) is 15.0 Å². The van der Waals surface area contributed by atoms with Crippen molar-refractivity contribution < 1.29 is 34.8 Å². The first-order chi connectivity index (χ1) is 24.6. The second-order valence-corrected chi connectivity index (χ2v) is 11.8. The number of aromatic hydroxyl groups is 2. The summed E-state index contributed by atoms with van der Waals surface area (Å²) >= 11 is 0. The highest BCUT2D eigenvalue weighted by atomic mass is 16.5. The number of carboxylic acids is 2. The second kappa shape index (κ2) is 16.2. The molecule has 1 heterocycles. The number of H-pyrrole nitrogens is 1. The standard InChI is InChI=1S/C23H16O6.C16H23N5O/c24-20-16(14-7-3-1-5-12(14)9-18(20)22(26)27)11-17-15-8-4-2-6-13(15)10-19(21(17)25)23(28)29;1-3-4-5-8-18-16(17)21-20-11-12-10-19-15-7-6-13(22-2)9-14(12)15/h1-10,24-25H,11H2,(H,26,27)(H,28,29);6-7,9-11,19H,3-5,8H2,1-2H3,(H3,17,18,21)/b;20-11+. The summed E-state index contributed by atoms with van der Waals surface area (Å²) in [5, 5.41) is 58.6. The normalized spacial score (nSPS) is 11.0. The second-order valence-electron chi connectivity index (χ2n) is 11.8. The predicted molar refractivity (Wildman–Crippen MR) is 199 cm³/mol. The number of fused-ring (bicyclic) bond motifs is 3. The van der Waals surface area contributed by atoms with Crippen molar-refractivity contribution in [3.63, 3.8) is 0 Å². The Morgan fingerprint density at radius 2 is 1.43 bits per heavy atom. The van der Waals surface area contributed by atoms with Crippen molar-refractivity contribution >= 4 is 56.6 Å². The van der Waals surface area contributed by atoms with Crippen LogP contribution in [0.15, 0.2) is 90.2 Å². The van der Waals surface area contributed by atoms with Crippen molar-refractivity contribution in [1.82, 2.24) is 15.7 Å². The van der Waals surface area contributed by atoms with Gasteiger partial charge in [0.15, 0.2) is 0 Å². The number of nitrogens with one attached hydrogen (secondary N) is 4. The predicted octanol–water partition coefficient (Wildman–Crippen LogP) is 7.21. The molecule has 0 aliphatic heterocycles. The van der Waals surface area contributed by atoms with E-state index in [2.05, 4.69) is 27.8 Å². The van der Waals surface area contributed by atoms with Crippen LogP contribution in [-0.2, 0) is 6.42 Å². The Kier molecular flexibility index (Phi) is 11.4. The van der Waals surface area contributed by atoms with E-state index in [1.54, 1.807) is 61.9 Å². The van der Waals surface area contributed by atoms with Crippen molar-refractivity contribution in [2.45, 2.75) is 32.6 Å². The van der Waals surface area contributed by atoms with Gasteiger partial charge in [0.25, 0.3) is 0 Å². The third kappa shape index (κ3) is 8.19. The van der Waals surface area contributed by atoms with E-state index >= 15 is 0 Å². The van der Waals surface area contributed by atoms with Crippen molar-refractivity contribution in [1.29, 1.82) is 5.41 Å². The lowest BCUT2D eigenvalue weighted by Crippen LogP contribution is -2.33. The Bertz CT molecular complexity index is 2160. The minimum Gasteiger partial charge on any atom is -0.507 e. The van der Waals surface area contributed by atoms with Gasteiger partial charge in [0, 0.05) is 46.8 Å². The molecule has 5 aromatic carbocycles. The fraction of sp³-hybridized carbons (Fsp3) is 0.179. The number of hydrogen-bond acceptors (Lipinski definition) is 7. The van der Waals surface area contributed by atoms with Gasteiger partial charge in [-0.3, -0.25) is 5.41 Å². The van der Waals surface area contributed by atoms with E-state index < -0.39 is 23.4 Å². The molecular formula is C39H39N5O7. The highest BCUT2D eigenvalue weighted by molar-refractivity contribution is 6.03. The average molecular weight is 690 g/mol. The number of aromatic amines is 1.